The van der Waals surface area contributed by atoms with Gasteiger partial charge in [0, 0.05) is 39.8 Å². The van der Waals surface area contributed by atoms with E-state index in [4.69, 9.17) is 0 Å². The summed E-state index contributed by atoms with van der Waals surface area (Å²) >= 11 is 0. The van der Waals surface area contributed by atoms with Crippen LogP contribution in [0.25, 0.3) is 0 Å². The molecule has 1 aliphatic rings. The van der Waals surface area contributed by atoms with E-state index >= 15 is 0 Å². The number of guanidine groups is 1. The Morgan fingerprint density at radius 3 is 2.32 bits per heavy atom. The lowest BCUT2D eigenvalue weighted by molar-refractivity contribution is -0.115. The maximum Gasteiger partial charge on any atom is 0.243 e. The van der Waals surface area contributed by atoms with Crippen LogP contribution >= 0.6 is 24.0 Å². The third-order valence-corrected chi connectivity index (χ3v) is 4.85. The molecule has 1 saturated heterocycles. The molecule has 0 aliphatic carbocycles. The van der Waals surface area contributed by atoms with Gasteiger partial charge in [0.15, 0.2) is 23.4 Å². The van der Waals surface area contributed by atoms with Crippen molar-refractivity contribution in [1.82, 2.24) is 15.1 Å². The monoisotopic (exact) mass is 547 g/mol. The Morgan fingerprint density at radius 1 is 1.00 bits per heavy atom. The Balaban J connectivity index is 0.00000341. The first kappa shape index (κ1) is 24.9. The molecule has 1 heterocycles. The Morgan fingerprint density at radius 2 is 1.68 bits per heavy atom. The van der Waals surface area contributed by atoms with Crippen LogP contribution in [0, 0.1) is 17.5 Å². The normalized spacial score (nSPS) is 14.7. The van der Waals surface area contributed by atoms with Gasteiger partial charge in [-0.15, -0.1) is 24.0 Å². The number of aliphatic imine (C=N–C) groups is 1. The molecule has 1 fully saturated rings. The van der Waals surface area contributed by atoms with Gasteiger partial charge in [0.1, 0.15) is 0 Å². The van der Waals surface area contributed by atoms with Gasteiger partial charge in [0.05, 0.1) is 12.2 Å². The average molecular weight is 547 g/mol. The lowest BCUT2D eigenvalue weighted by atomic mass is 10.2. The van der Waals surface area contributed by atoms with Crippen molar-refractivity contribution in [1.29, 1.82) is 0 Å². The van der Waals surface area contributed by atoms with Crippen LogP contribution < -0.4 is 10.6 Å². The summed E-state index contributed by atoms with van der Waals surface area (Å²) < 4.78 is 39.9. The fraction of sp³-hybridized carbons (Fsp3) is 0.333. The van der Waals surface area contributed by atoms with Crippen molar-refractivity contribution in [3.05, 3.63) is 65.5 Å². The first-order valence-electron chi connectivity index (χ1n) is 9.63. The minimum atomic E-state index is -1.62. The van der Waals surface area contributed by atoms with Gasteiger partial charge in [0.25, 0.3) is 0 Å². The molecule has 1 aliphatic heterocycles. The van der Waals surface area contributed by atoms with Gasteiger partial charge in [-0.2, -0.15) is 0 Å². The molecule has 0 radical (unpaired) electrons. The van der Waals surface area contributed by atoms with Crippen LogP contribution in [0.4, 0.5) is 18.9 Å². The van der Waals surface area contributed by atoms with Crippen molar-refractivity contribution in [2.75, 3.05) is 45.1 Å². The molecular formula is C21H25F3IN5O. The van der Waals surface area contributed by atoms with E-state index in [0.717, 1.165) is 44.9 Å². The van der Waals surface area contributed by atoms with Gasteiger partial charge in [-0.1, -0.05) is 30.3 Å². The Labute approximate surface area is 196 Å². The molecule has 0 bridgehead atoms. The molecule has 0 spiro atoms. The quantitative estimate of drug-likeness (QED) is 0.262. The molecule has 2 aromatic rings. The third-order valence-electron chi connectivity index (χ3n) is 4.85. The number of nitrogens with one attached hydrogen (secondary N) is 2. The molecule has 10 heteroatoms. The van der Waals surface area contributed by atoms with Gasteiger partial charge in [-0.25, -0.2) is 13.2 Å². The number of rotatable bonds is 5. The molecule has 0 aromatic heterocycles. The van der Waals surface area contributed by atoms with Crippen molar-refractivity contribution < 1.29 is 18.0 Å². The van der Waals surface area contributed by atoms with E-state index in [9.17, 15) is 18.0 Å². The fourth-order valence-electron chi connectivity index (χ4n) is 3.27. The highest BCUT2D eigenvalue weighted by Gasteiger charge is 2.20. The molecular weight excluding hydrogens is 522 g/mol. The summed E-state index contributed by atoms with van der Waals surface area (Å²) in [6, 6.07) is 12.0. The van der Waals surface area contributed by atoms with Gasteiger partial charge in [-0.3, -0.25) is 14.7 Å². The summed E-state index contributed by atoms with van der Waals surface area (Å²) in [6.07, 6.45) is 0. The van der Waals surface area contributed by atoms with Crippen molar-refractivity contribution in [3.8, 4) is 0 Å². The number of benzene rings is 2. The Hall–Kier alpha value is -2.34. The Bertz CT molecular complexity index is 905. The largest absolute Gasteiger partial charge is 0.347 e. The summed E-state index contributed by atoms with van der Waals surface area (Å²) in [7, 11) is 1.62. The highest BCUT2D eigenvalue weighted by molar-refractivity contribution is 14.0. The average Bonchev–Trinajstić information content (AvgIpc) is 2.76. The van der Waals surface area contributed by atoms with Crippen molar-refractivity contribution in [2.24, 2.45) is 4.99 Å². The summed E-state index contributed by atoms with van der Waals surface area (Å²) in [5.41, 5.74) is 0.847. The summed E-state index contributed by atoms with van der Waals surface area (Å²) in [5, 5.41) is 5.15. The van der Waals surface area contributed by atoms with Crippen LogP contribution in [0.1, 0.15) is 5.56 Å². The number of nitrogens with zero attached hydrogens (tertiary/aromatic N) is 3. The van der Waals surface area contributed by atoms with Crippen LogP contribution in [0.5, 0.6) is 0 Å². The summed E-state index contributed by atoms with van der Waals surface area (Å²) in [4.78, 5) is 20.7. The number of amides is 1. The summed E-state index contributed by atoms with van der Waals surface area (Å²) in [5.74, 6) is -4.40. The number of hydrogen-bond donors (Lipinski definition) is 2. The zero-order chi connectivity index (χ0) is 21.5. The first-order chi connectivity index (χ1) is 14.5. The van der Waals surface area contributed by atoms with E-state index in [1.165, 1.54) is 5.56 Å². The van der Waals surface area contributed by atoms with E-state index < -0.39 is 29.0 Å². The van der Waals surface area contributed by atoms with Gasteiger partial charge in [0.2, 0.25) is 5.91 Å². The van der Waals surface area contributed by atoms with E-state index in [-0.39, 0.29) is 30.5 Å². The molecule has 0 atom stereocenters. The number of carbonyl (C=O) groups is 1. The predicted octanol–water partition coefficient (Wildman–Crippen LogP) is 3.05. The van der Waals surface area contributed by atoms with E-state index in [1.54, 1.807) is 7.05 Å². The minimum absolute atomic E-state index is 0. The molecule has 0 unspecified atom stereocenters. The smallest absolute Gasteiger partial charge is 0.243 e. The molecule has 0 saturated carbocycles. The number of carbonyl (C=O) groups excluding carboxylic acids is 1. The number of hydrogen-bond acceptors (Lipinski definition) is 3. The third kappa shape index (κ3) is 6.82. The number of anilines is 1. The van der Waals surface area contributed by atoms with Crippen LogP contribution in [0.2, 0.25) is 0 Å². The topological polar surface area (TPSA) is 60.0 Å². The van der Waals surface area contributed by atoms with Crippen molar-refractivity contribution >= 4 is 41.5 Å². The van der Waals surface area contributed by atoms with Gasteiger partial charge >= 0.3 is 0 Å². The first-order valence-corrected chi connectivity index (χ1v) is 9.63. The molecule has 3 rings (SSSR count). The van der Waals surface area contributed by atoms with Gasteiger partial charge < -0.3 is 15.5 Å². The highest BCUT2D eigenvalue weighted by Crippen LogP contribution is 2.19. The molecule has 168 valence electrons. The summed E-state index contributed by atoms with van der Waals surface area (Å²) in [6.45, 7) is 3.87. The van der Waals surface area contributed by atoms with Crippen LogP contribution in [0.15, 0.2) is 47.5 Å². The SMILES string of the molecule is CN=C(NCC(=O)Nc1ccc(F)c(F)c1F)N1CCN(Cc2ccccc2)CC1.I. The second kappa shape index (κ2) is 11.9. The zero-order valence-corrected chi connectivity index (χ0v) is 19.4. The maximum absolute atomic E-state index is 13.7. The lowest BCUT2D eigenvalue weighted by Crippen LogP contribution is -2.53. The zero-order valence-electron chi connectivity index (χ0n) is 17.1. The maximum atomic E-state index is 13.7. The van der Waals surface area contributed by atoms with Crippen LogP contribution in [0.3, 0.4) is 0 Å². The Kier molecular flexibility index (Phi) is 9.56. The van der Waals surface area contributed by atoms with Crippen LogP contribution in [-0.4, -0.2) is 61.4 Å². The van der Waals surface area contributed by atoms with E-state index in [0.29, 0.717) is 5.96 Å². The molecule has 31 heavy (non-hydrogen) atoms. The number of piperazine rings is 1. The lowest BCUT2D eigenvalue weighted by Gasteiger charge is -2.36. The number of halogens is 4. The second-order valence-electron chi connectivity index (χ2n) is 6.92. The molecule has 6 nitrogen and oxygen atoms in total. The van der Waals surface area contributed by atoms with E-state index in [2.05, 4.69) is 32.7 Å². The molecule has 1 amide bonds. The van der Waals surface area contributed by atoms with Crippen molar-refractivity contribution in [3.63, 3.8) is 0 Å². The van der Waals surface area contributed by atoms with Crippen LogP contribution in [-0.2, 0) is 11.3 Å². The molecule has 2 N–H and O–H groups in total. The standard InChI is InChI=1S/C21H24F3N5O.HI/c1-25-21(26-13-18(30)27-17-8-7-16(22)19(23)20(17)24)29-11-9-28(10-12-29)14-15-5-3-2-4-6-15;/h2-8H,9-14H2,1H3,(H,25,26)(H,27,30);1H. The second-order valence-corrected chi connectivity index (χ2v) is 6.92. The fourth-order valence-corrected chi connectivity index (χ4v) is 3.27. The minimum Gasteiger partial charge on any atom is -0.347 e. The van der Waals surface area contributed by atoms with Crippen molar-refractivity contribution in [2.45, 2.75) is 6.54 Å². The van der Waals surface area contributed by atoms with Gasteiger partial charge in [-0.05, 0) is 17.7 Å². The van der Waals surface area contributed by atoms with E-state index in [1.807, 2.05) is 23.1 Å². The predicted molar refractivity (Wildman–Crippen MR) is 125 cm³/mol. The molecule has 2 aromatic carbocycles. The highest BCUT2D eigenvalue weighted by atomic mass is 127.